The second kappa shape index (κ2) is 8.32. The molecule has 3 nitrogen and oxygen atoms in total. The van der Waals surface area contributed by atoms with E-state index in [0.717, 1.165) is 16.9 Å². The predicted octanol–water partition coefficient (Wildman–Crippen LogP) is 4.43. The molecular weight excluding hydrogens is 258 g/mol. The molecule has 0 aliphatic carbocycles. The van der Waals surface area contributed by atoms with E-state index >= 15 is 0 Å². The van der Waals surface area contributed by atoms with Crippen molar-refractivity contribution in [3.63, 3.8) is 0 Å². The molecule has 0 atom stereocenters. The van der Waals surface area contributed by atoms with Crippen molar-refractivity contribution in [2.75, 3.05) is 14.2 Å². The van der Waals surface area contributed by atoms with E-state index in [4.69, 9.17) is 9.57 Å². The first-order chi connectivity index (χ1) is 9.35. The summed E-state index contributed by atoms with van der Waals surface area (Å²) in [5.41, 5.74) is 2.11. The van der Waals surface area contributed by atoms with Gasteiger partial charge in [-0.25, -0.2) is 0 Å². The van der Waals surface area contributed by atoms with Crippen LogP contribution in [0.5, 0.6) is 5.75 Å². The van der Waals surface area contributed by atoms with Crippen LogP contribution >= 0.6 is 11.3 Å². The predicted molar refractivity (Wildman–Crippen MR) is 82.3 cm³/mol. The maximum atomic E-state index is 5.21. The van der Waals surface area contributed by atoms with E-state index in [1.54, 1.807) is 24.7 Å². The van der Waals surface area contributed by atoms with Gasteiger partial charge in [0.1, 0.15) is 12.9 Å². The molecule has 0 aliphatic heterocycles. The van der Waals surface area contributed by atoms with E-state index in [-0.39, 0.29) is 0 Å². The van der Waals surface area contributed by atoms with E-state index < -0.39 is 0 Å². The second-order valence-electron chi connectivity index (χ2n) is 3.35. The topological polar surface area (TPSA) is 30.8 Å². The molecule has 0 aliphatic rings. The summed E-state index contributed by atoms with van der Waals surface area (Å²) in [6, 6.07) is 10.0. The van der Waals surface area contributed by atoms with Gasteiger partial charge in [-0.3, -0.25) is 0 Å². The van der Waals surface area contributed by atoms with Crippen LogP contribution in [-0.4, -0.2) is 20.4 Å². The zero-order valence-corrected chi connectivity index (χ0v) is 12.5. The fourth-order valence-electron chi connectivity index (χ4n) is 1.54. The second-order valence-corrected chi connectivity index (χ2v) is 4.30. The van der Waals surface area contributed by atoms with Crippen LogP contribution in [0.25, 0.3) is 10.4 Å². The Kier molecular flexibility index (Phi) is 6.68. The highest BCUT2D eigenvalue weighted by atomic mass is 32.1. The minimum Gasteiger partial charge on any atom is -0.497 e. The van der Waals surface area contributed by atoms with Crippen LogP contribution in [0.1, 0.15) is 19.4 Å². The van der Waals surface area contributed by atoms with Crippen molar-refractivity contribution in [2.24, 2.45) is 5.16 Å². The molecule has 2 rings (SSSR count). The summed E-state index contributed by atoms with van der Waals surface area (Å²) in [6.07, 6.45) is 1.69. The lowest BCUT2D eigenvalue weighted by molar-refractivity contribution is 0.215. The van der Waals surface area contributed by atoms with Gasteiger partial charge in [0, 0.05) is 16.0 Å². The molecule has 0 amide bonds. The Morgan fingerprint density at radius 3 is 2.53 bits per heavy atom. The first-order valence-electron chi connectivity index (χ1n) is 6.13. The summed E-state index contributed by atoms with van der Waals surface area (Å²) in [5.74, 6) is 0.808. The maximum Gasteiger partial charge on any atom is 0.119 e. The lowest BCUT2D eigenvalue weighted by atomic mass is 10.1. The van der Waals surface area contributed by atoms with Crippen LogP contribution in [-0.2, 0) is 4.84 Å². The molecule has 0 N–H and O–H groups in total. The third-order valence-corrected chi connectivity index (χ3v) is 3.25. The molecule has 1 aromatic carbocycles. The highest BCUT2D eigenvalue weighted by Gasteiger charge is 2.06. The number of nitrogens with zero attached hydrogens (tertiary/aromatic N) is 1. The van der Waals surface area contributed by atoms with Gasteiger partial charge in [0.25, 0.3) is 0 Å². The van der Waals surface area contributed by atoms with E-state index in [1.165, 1.54) is 12.0 Å². The van der Waals surface area contributed by atoms with Crippen LogP contribution in [0.2, 0.25) is 0 Å². The molecule has 0 saturated heterocycles. The minimum absolute atomic E-state index is 0.808. The smallest absolute Gasteiger partial charge is 0.119 e. The van der Waals surface area contributed by atoms with Crippen LogP contribution < -0.4 is 4.74 Å². The van der Waals surface area contributed by atoms with Gasteiger partial charge in [0.05, 0.1) is 13.3 Å². The molecule has 2 aromatic rings. The lowest BCUT2D eigenvalue weighted by Crippen LogP contribution is -1.90. The highest BCUT2D eigenvalue weighted by Crippen LogP contribution is 2.29. The quantitative estimate of drug-likeness (QED) is 0.611. The SMILES string of the molecule is CC.CO/N=C/c1cc(OC)ccc1-c1cccs1. The molecule has 0 saturated carbocycles. The zero-order valence-electron chi connectivity index (χ0n) is 11.7. The van der Waals surface area contributed by atoms with Crippen molar-refractivity contribution < 1.29 is 9.57 Å². The molecule has 102 valence electrons. The van der Waals surface area contributed by atoms with Crippen molar-refractivity contribution in [2.45, 2.75) is 13.8 Å². The zero-order chi connectivity index (χ0) is 14.1. The summed E-state index contributed by atoms with van der Waals surface area (Å²) >= 11 is 1.69. The van der Waals surface area contributed by atoms with Gasteiger partial charge in [-0.1, -0.05) is 25.1 Å². The van der Waals surface area contributed by atoms with E-state index in [1.807, 2.05) is 38.1 Å². The van der Waals surface area contributed by atoms with E-state index in [0.29, 0.717) is 0 Å². The van der Waals surface area contributed by atoms with Crippen molar-refractivity contribution in [1.29, 1.82) is 0 Å². The van der Waals surface area contributed by atoms with Crippen LogP contribution in [0.15, 0.2) is 40.9 Å². The maximum absolute atomic E-state index is 5.21. The normalized spacial score (nSPS) is 9.89. The van der Waals surface area contributed by atoms with Crippen molar-refractivity contribution in [3.05, 3.63) is 41.3 Å². The molecule has 0 unspecified atom stereocenters. The summed E-state index contributed by atoms with van der Waals surface area (Å²) in [5, 5.41) is 5.86. The van der Waals surface area contributed by atoms with Gasteiger partial charge in [-0.15, -0.1) is 11.3 Å². The van der Waals surface area contributed by atoms with Crippen molar-refractivity contribution in [3.8, 4) is 16.2 Å². The van der Waals surface area contributed by atoms with Gasteiger partial charge in [-0.2, -0.15) is 0 Å². The van der Waals surface area contributed by atoms with E-state index in [2.05, 4.69) is 16.6 Å². The minimum atomic E-state index is 0.808. The van der Waals surface area contributed by atoms with Crippen molar-refractivity contribution in [1.82, 2.24) is 0 Å². The van der Waals surface area contributed by atoms with E-state index in [9.17, 15) is 0 Å². The lowest BCUT2D eigenvalue weighted by Gasteiger charge is -2.06. The van der Waals surface area contributed by atoms with Crippen LogP contribution in [0, 0.1) is 0 Å². The average Bonchev–Trinajstić information content (AvgIpc) is 3.01. The number of hydrogen-bond donors (Lipinski definition) is 0. The largest absolute Gasteiger partial charge is 0.497 e. The Morgan fingerprint density at radius 2 is 1.95 bits per heavy atom. The van der Waals surface area contributed by atoms with Crippen LogP contribution in [0.3, 0.4) is 0 Å². The molecule has 0 spiro atoms. The fourth-order valence-corrected chi connectivity index (χ4v) is 2.31. The molecule has 4 heteroatoms. The Hall–Kier alpha value is -1.81. The standard InChI is InChI=1S/C13H13NO2S.C2H6/c1-15-11-5-6-12(13-4-3-7-17-13)10(8-11)9-14-16-2;1-2/h3-9H,1-2H3;1-2H3/b14-9+;. The fraction of sp³-hybridized carbons (Fsp3) is 0.267. The Bertz CT molecular complexity index is 507. The van der Waals surface area contributed by atoms with Gasteiger partial charge in [-0.05, 0) is 29.6 Å². The van der Waals surface area contributed by atoms with Gasteiger partial charge < -0.3 is 9.57 Å². The summed E-state index contributed by atoms with van der Waals surface area (Å²) < 4.78 is 5.21. The number of rotatable bonds is 4. The first-order valence-corrected chi connectivity index (χ1v) is 7.01. The molecule has 0 fully saturated rings. The summed E-state index contributed by atoms with van der Waals surface area (Å²) in [4.78, 5) is 5.92. The molecular formula is C15H19NO2S. The number of thiophene rings is 1. The van der Waals surface area contributed by atoms with Crippen LogP contribution in [0.4, 0.5) is 0 Å². The van der Waals surface area contributed by atoms with Crippen molar-refractivity contribution >= 4 is 17.6 Å². The Labute approximate surface area is 118 Å². The Morgan fingerprint density at radius 1 is 1.16 bits per heavy atom. The monoisotopic (exact) mass is 277 g/mol. The first kappa shape index (κ1) is 15.2. The summed E-state index contributed by atoms with van der Waals surface area (Å²) in [7, 11) is 3.18. The average molecular weight is 277 g/mol. The number of ether oxygens (including phenoxy) is 1. The van der Waals surface area contributed by atoms with Gasteiger partial charge in [0.15, 0.2) is 0 Å². The number of hydrogen-bond acceptors (Lipinski definition) is 4. The molecule has 1 heterocycles. The molecule has 0 bridgehead atoms. The summed E-state index contributed by atoms with van der Waals surface area (Å²) in [6.45, 7) is 4.00. The highest BCUT2D eigenvalue weighted by molar-refractivity contribution is 7.13. The third kappa shape index (κ3) is 4.10. The Balaban J connectivity index is 0.000000861. The molecule has 1 aromatic heterocycles. The number of methoxy groups -OCH3 is 1. The van der Waals surface area contributed by atoms with Gasteiger partial charge in [0.2, 0.25) is 0 Å². The number of oxime groups is 1. The third-order valence-electron chi connectivity index (χ3n) is 2.34. The van der Waals surface area contributed by atoms with Gasteiger partial charge >= 0.3 is 0 Å². The molecule has 0 radical (unpaired) electrons. The number of benzene rings is 1. The molecule has 19 heavy (non-hydrogen) atoms.